The van der Waals surface area contributed by atoms with Gasteiger partial charge in [-0.05, 0) is 33.6 Å². The molecule has 5 nitrogen and oxygen atoms in total. The third-order valence-electron chi connectivity index (χ3n) is 1.85. The predicted molar refractivity (Wildman–Crippen MR) is 53.0 cm³/mol. The zero-order valence-corrected chi connectivity index (χ0v) is 8.47. The Hall–Kier alpha value is -0.650. The maximum atomic E-state index is 10.8. The van der Waals surface area contributed by atoms with Crippen LogP contribution in [-0.2, 0) is 4.79 Å². The molecule has 0 bridgehead atoms. The number of hydrazine groups is 1. The zero-order valence-electron chi connectivity index (χ0n) is 8.47. The van der Waals surface area contributed by atoms with Gasteiger partial charge >= 0.3 is 0 Å². The van der Waals surface area contributed by atoms with Crippen molar-refractivity contribution in [2.24, 2.45) is 5.84 Å². The normalized spacial score (nSPS) is 10.5. The number of amides is 1. The van der Waals surface area contributed by atoms with Crippen LogP contribution < -0.4 is 16.6 Å². The van der Waals surface area contributed by atoms with E-state index in [1.165, 1.54) is 0 Å². The number of hydrogen-bond donors (Lipinski definition) is 3. The number of hydrogen-bond acceptors (Lipinski definition) is 4. The first kappa shape index (κ1) is 12.3. The molecule has 0 spiro atoms. The molecule has 0 aromatic carbocycles. The molecule has 1 amide bonds. The Bertz CT molecular complexity index is 140. The Morgan fingerprint density at radius 3 is 2.69 bits per heavy atom. The molecule has 0 unspecified atom stereocenters. The van der Waals surface area contributed by atoms with E-state index in [1.807, 2.05) is 14.1 Å². The molecule has 0 saturated heterocycles. The van der Waals surface area contributed by atoms with Crippen molar-refractivity contribution in [2.45, 2.75) is 12.8 Å². The first-order valence-corrected chi connectivity index (χ1v) is 4.53. The van der Waals surface area contributed by atoms with Crippen molar-refractivity contribution in [1.82, 2.24) is 15.6 Å². The Labute approximate surface area is 79.6 Å². The molecule has 0 aromatic rings. The van der Waals surface area contributed by atoms with E-state index >= 15 is 0 Å². The summed E-state index contributed by atoms with van der Waals surface area (Å²) in [4.78, 5) is 12.9. The van der Waals surface area contributed by atoms with E-state index in [0.29, 0.717) is 6.42 Å². The molecule has 0 atom stereocenters. The van der Waals surface area contributed by atoms with E-state index in [0.717, 1.165) is 26.1 Å². The number of carbonyl (C=O) groups is 1. The molecule has 0 aliphatic heterocycles. The number of carbonyl (C=O) groups excluding carboxylic acids is 1. The summed E-state index contributed by atoms with van der Waals surface area (Å²) in [5, 5.41) is 3.07. The largest absolute Gasteiger partial charge is 0.320 e. The molecule has 5 heteroatoms. The summed E-state index contributed by atoms with van der Waals surface area (Å²) in [5.74, 6) is 4.84. The Morgan fingerprint density at radius 1 is 1.46 bits per heavy atom. The van der Waals surface area contributed by atoms with Gasteiger partial charge in [-0.3, -0.25) is 10.2 Å². The lowest BCUT2D eigenvalue weighted by Gasteiger charge is -2.15. The number of rotatable bonds is 7. The van der Waals surface area contributed by atoms with Crippen LogP contribution in [0.15, 0.2) is 0 Å². The maximum absolute atomic E-state index is 10.8. The van der Waals surface area contributed by atoms with Gasteiger partial charge in [0.25, 0.3) is 0 Å². The van der Waals surface area contributed by atoms with Crippen LogP contribution in [0, 0.1) is 0 Å². The van der Waals surface area contributed by atoms with Crippen LogP contribution in [0.2, 0.25) is 0 Å². The molecule has 0 rings (SSSR count). The summed E-state index contributed by atoms with van der Waals surface area (Å²) in [5.41, 5.74) is 2.11. The minimum absolute atomic E-state index is 0.111. The average Bonchev–Trinajstić information content (AvgIpc) is 2.14. The molecule has 0 heterocycles. The van der Waals surface area contributed by atoms with Crippen molar-refractivity contribution in [3.05, 3.63) is 0 Å². The van der Waals surface area contributed by atoms with Crippen molar-refractivity contribution in [1.29, 1.82) is 0 Å². The summed E-state index contributed by atoms with van der Waals surface area (Å²) in [6.07, 6.45) is 1.56. The van der Waals surface area contributed by atoms with Crippen LogP contribution >= 0.6 is 0 Å². The minimum atomic E-state index is -0.111. The summed E-state index contributed by atoms with van der Waals surface area (Å²) >= 11 is 0. The highest BCUT2D eigenvalue weighted by Gasteiger charge is 2.01. The monoisotopic (exact) mass is 188 g/mol. The third-order valence-corrected chi connectivity index (χ3v) is 1.85. The third kappa shape index (κ3) is 7.70. The molecular formula is C8H20N4O. The smallest absolute Gasteiger partial charge is 0.235 e. The summed E-state index contributed by atoms with van der Waals surface area (Å²) in [7, 11) is 3.93. The van der Waals surface area contributed by atoms with E-state index in [4.69, 9.17) is 5.84 Å². The molecule has 0 fully saturated rings. The second kappa shape index (κ2) is 7.97. The quantitative estimate of drug-likeness (QED) is 0.205. The van der Waals surface area contributed by atoms with Crippen molar-refractivity contribution in [3.8, 4) is 0 Å². The van der Waals surface area contributed by atoms with Gasteiger partial charge in [-0.15, -0.1) is 0 Å². The molecule has 0 aliphatic carbocycles. The number of nitrogens with zero attached hydrogens (tertiary/aromatic N) is 1. The van der Waals surface area contributed by atoms with Gasteiger partial charge in [-0.25, -0.2) is 5.84 Å². The van der Waals surface area contributed by atoms with Crippen molar-refractivity contribution < 1.29 is 4.79 Å². The zero-order chi connectivity index (χ0) is 10.1. The first-order valence-electron chi connectivity index (χ1n) is 4.53. The SMILES string of the molecule is CNCCCN(C)CCC(=O)NN. The topological polar surface area (TPSA) is 70.4 Å². The second-order valence-electron chi connectivity index (χ2n) is 3.08. The highest BCUT2D eigenvalue weighted by Crippen LogP contribution is 1.89. The molecule has 4 N–H and O–H groups in total. The standard InChI is InChI=1S/C8H20N4O/c1-10-5-3-6-12(2)7-4-8(13)11-9/h10H,3-7,9H2,1-2H3,(H,11,13). The minimum Gasteiger partial charge on any atom is -0.320 e. The van der Waals surface area contributed by atoms with Crippen LogP contribution in [0.5, 0.6) is 0 Å². The van der Waals surface area contributed by atoms with Crippen molar-refractivity contribution >= 4 is 5.91 Å². The first-order chi connectivity index (χ1) is 6.20. The van der Waals surface area contributed by atoms with Crippen LogP contribution in [-0.4, -0.2) is 44.5 Å². The van der Waals surface area contributed by atoms with E-state index in [2.05, 4.69) is 15.6 Å². The summed E-state index contributed by atoms with van der Waals surface area (Å²) in [6.45, 7) is 2.76. The van der Waals surface area contributed by atoms with Gasteiger partial charge in [-0.2, -0.15) is 0 Å². The van der Waals surface area contributed by atoms with E-state index < -0.39 is 0 Å². The lowest BCUT2D eigenvalue weighted by molar-refractivity contribution is -0.121. The maximum Gasteiger partial charge on any atom is 0.235 e. The number of nitrogens with one attached hydrogen (secondary N) is 2. The van der Waals surface area contributed by atoms with Crippen molar-refractivity contribution in [2.75, 3.05) is 33.7 Å². The van der Waals surface area contributed by atoms with Gasteiger partial charge in [0.2, 0.25) is 5.91 Å². The Morgan fingerprint density at radius 2 is 2.15 bits per heavy atom. The molecule has 78 valence electrons. The van der Waals surface area contributed by atoms with Gasteiger partial charge in [0.15, 0.2) is 0 Å². The van der Waals surface area contributed by atoms with Gasteiger partial charge in [-0.1, -0.05) is 0 Å². The highest BCUT2D eigenvalue weighted by molar-refractivity contribution is 5.75. The lowest BCUT2D eigenvalue weighted by atomic mass is 10.3. The highest BCUT2D eigenvalue weighted by atomic mass is 16.2. The van der Waals surface area contributed by atoms with E-state index in [9.17, 15) is 4.79 Å². The van der Waals surface area contributed by atoms with Crippen LogP contribution in [0.4, 0.5) is 0 Å². The summed E-state index contributed by atoms with van der Waals surface area (Å²) in [6, 6.07) is 0. The van der Waals surface area contributed by atoms with E-state index in [1.54, 1.807) is 0 Å². The molecular weight excluding hydrogens is 168 g/mol. The van der Waals surface area contributed by atoms with Crippen molar-refractivity contribution in [3.63, 3.8) is 0 Å². The number of nitrogens with two attached hydrogens (primary N) is 1. The van der Waals surface area contributed by atoms with Gasteiger partial charge < -0.3 is 10.2 Å². The molecule has 0 radical (unpaired) electrons. The van der Waals surface area contributed by atoms with Gasteiger partial charge in [0, 0.05) is 13.0 Å². The van der Waals surface area contributed by atoms with Gasteiger partial charge in [0.05, 0.1) is 0 Å². The molecule has 0 saturated carbocycles. The fraction of sp³-hybridized carbons (Fsp3) is 0.875. The predicted octanol–water partition coefficient (Wildman–Crippen LogP) is -1.09. The lowest BCUT2D eigenvalue weighted by Crippen LogP contribution is -2.33. The molecule has 0 aliphatic rings. The fourth-order valence-electron chi connectivity index (χ4n) is 1.00. The molecule has 13 heavy (non-hydrogen) atoms. The van der Waals surface area contributed by atoms with E-state index in [-0.39, 0.29) is 5.91 Å². The Balaban J connectivity index is 3.29. The average molecular weight is 188 g/mol. The summed E-state index contributed by atoms with van der Waals surface area (Å²) < 4.78 is 0. The second-order valence-corrected chi connectivity index (χ2v) is 3.08. The molecule has 0 aromatic heterocycles. The fourth-order valence-corrected chi connectivity index (χ4v) is 1.00. The van der Waals surface area contributed by atoms with Crippen LogP contribution in [0.1, 0.15) is 12.8 Å². The van der Waals surface area contributed by atoms with Crippen LogP contribution in [0.25, 0.3) is 0 Å². The van der Waals surface area contributed by atoms with Gasteiger partial charge in [0.1, 0.15) is 0 Å². The Kier molecular flexibility index (Phi) is 7.57. The van der Waals surface area contributed by atoms with Crippen LogP contribution in [0.3, 0.4) is 0 Å².